The van der Waals surface area contributed by atoms with Crippen molar-refractivity contribution in [2.45, 2.75) is 20.5 Å². The lowest BCUT2D eigenvalue weighted by Crippen LogP contribution is -2.28. The van der Waals surface area contributed by atoms with Crippen LogP contribution in [-0.2, 0) is 11.4 Å². The molecular weight excluding hydrogens is 428 g/mol. The Hall–Kier alpha value is -2.76. The molecule has 0 radical (unpaired) electrons. The largest absolute Gasteiger partial charge is 0.488 e. The fourth-order valence-electron chi connectivity index (χ4n) is 3.46. The van der Waals surface area contributed by atoms with Gasteiger partial charge in [-0.2, -0.15) is 0 Å². The Balaban J connectivity index is 1.74. The minimum Gasteiger partial charge on any atom is -0.488 e. The first-order valence-corrected chi connectivity index (χ1v) is 11.4. The minimum absolute atomic E-state index is 0.0173. The minimum atomic E-state index is -0.0173. The van der Waals surface area contributed by atoms with Gasteiger partial charge in [-0.3, -0.25) is 14.7 Å². The van der Waals surface area contributed by atoms with E-state index in [0.29, 0.717) is 29.6 Å². The molecule has 1 amide bonds. The van der Waals surface area contributed by atoms with Gasteiger partial charge in [0.05, 0.1) is 4.91 Å². The van der Waals surface area contributed by atoms with Gasteiger partial charge < -0.3 is 4.74 Å². The van der Waals surface area contributed by atoms with E-state index in [2.05, 4.69) is 17.1 Å². The van der Waals surface area contributed by atoms with Crippen LogP contribution in [0.25, 0.3) is 16.8 Å². The molecule has 4 rings (SSSR count). The highest BCUT2D eigenvalue weighted by molar-refractivity contribution is 8.18. The average Bonchev–Trinajstić information content (AvgIpc) is 3.08. The molecule has 0 bridgehead atoms. The Morgan fingerprint density at radius 2 is 1.84 bits per heavy atom. The van der Waals surface area contributed by atoms with Gasteiger partial charge in [0.1, 0.15) is 12.4 Å². The van der Waals surface area contributed by atoms with Crippen molar-refractivity contribution < 1.29 is 9.53 Å². The molecule has 1 aliphatic rings. The fourth-order valence-corrected chi connectivity index (χ4v) is 4.68. The van der Waals surface area contributed by atoms with Crippen LogP contribution in [0.15, 0.2) is 70.6 Å². The molecule has 3 aromatic rings. The monoisotopic (exact) mass is 450 g/mol. The van der Waals surface area contributed by atoms with Gasteiger partial charge in [0.25, 0.3) is 5.91 Å². The molecule has 0 aromatic heterocycles. The van der Waals surface area contributed by atoms with Gasteiger partial charge in [-0.1, -0.05) is 54.1 Å². The van der Waals surface area contributed by atoms with Crippen molar-refractivity contribution in [3.63, 3.8) is 0 Å². The predicted molar refractivity (Wildman–Crippen MR) is 131 cm³/mol. The number of nitrogens with zero attached hydrogens (tertiary/aromatic N) is 2. The van der Waals surface area contributed by atoms with Crippen molar-refractivity contribution in [3.05, 3.63) is 81.7 Å². The summed E-state index contributed by atoms with van der Waals surface area (Å²) < 4.78 is 6.19. The van der Waals surface area contributed by atoms with E-state index >= 15 is 0 Å². The number of fused-ring (bicyclic) bond motifs is 1. The maximum atomic E-state index is 13.0. The quantitative estimate of drug-likeness (QED) is 0.409. The van der Waals surface area contributed by atoms with Crippen molar-refractivity contribution in [2.75, 3.05) is 13.1 Å². The van der Waals surface area contributed by atoms with Gasteiger partial charge in [-0.15, -0.1) is 0 Å². The zero-order valence-electron chi connectivity index (χ0n) is 17.5. The molecule has 0 aliphatic carbocycles. The van der Waals surface area contributed by atoms with E-state index in [0.717, 1.165) is 32.8 Å². The number of likely N-dealkylation sites (N-methyl/N-ethyl adjacent to an activating group) is 1. The van der Waals surface area contributed by atoms with Gasteiger partial charge in [0.15, 0.2) is 5.17 Å². The third-order valence-electron chi connectivity index (χ3n) is 5.01. The number of hydrogen-bond donors (Lipinski definition) is 0. The molecule has 4 nitrogen and oxygen atoms in total. The molecule has 31 heavy (non-hydrogen) atoms. The van der Waals surface area contributed by atoms with Gasteiger partial charge in [0, 0.05) is 23.7 Å². The van der Waals surface area contributed by atoms with E-state index in [1.807, 2.05) is 68.5 Å². The smallest absolute Gasteiger partial charge is 0.266 e. The number of aliphatic imine (C=N–C) groups is 1. The number of carbonyl (C=O) groups excluding carboxylic acids is 1. The number of rotatable bonds is 6. The summed E-state index contributed by atoms with van der Waals surface area (Å²) in [6.07, 6.45) is 1.94. The predicted octanol–water partition coefficient (Wildman–Crippen LogP) is 6.38. The van der Waals surface area contributed by atoms with Crippen molar-refractivity contribution in [1.82, 2.24) is 4.90 Å². The number of benzene rings is 3. The number of ether oxygens (including phenoxy) is 1. The molecule has 6 heteroatoms. The summed E-state index contributed by atoms with van der Waals surface area (Å²) in [5.74, 6) is 0.717. The number of hydrogen-bond acceptors (Lipinski definition) is 4. The highest BCUT2D eigenvalue weighted by atomic mass is 35.5. The Morgan fingerprint density at radius 1 is 1.06 bits per heavy atom. The average molecular weight is 451 g/mol. The SMILES string of the molecule is CCN=C1S/C(=C/c2c(OCc3ccc(Cl)cc3)ccc3ccccc23)C(=O)N1CC. The maximum absolute atomic E-state index is 13.0. The summed E-state index contributed by atoms with van der Waals surface area (Å²) in [6, 6.07) is 19.7. The Labute approximate surface area is 191 Å². The second-order valence-corrected chi connectivity index (χ2v) is 8.48. The number of amides is 1. The lowest BCUT2D eigenvalue weighted by Gasteiger charge is -2.13. The molecule has 0 saturated carbocycles. The number of amidine groups is 1. The molecule has 1 fully saturated rings. The summed E-state index contributed by atoms with van der Waals surface area (Å²) in [5.41, 5.74) is 1.92. The molecule has 0 atom stereocenters. The third-order valence-corrected chi connectivity index (χ3v) is 6.31. The van der Waals surface area contributed by atoms with Crippen LogP contribution in [0.5, 0.6) is 5.75 Å². The Kier molecular flexibility index (Phi) is 6.64. The van der Waals surface area contributed by atoms with Crippen molar-refractivity contribution >= 4 is 51.3 Å². The van der Waals surface area contributed by atoms with E-state index < -0.39 is 0 Å². The summed E-state index contributed by atoms with van der Waals surface area (Å²) >= 11 is 7.41. The van der Waals surface area contributed by atoms with Crippen LogP contribution in [0, 0.1) is 0 Å². The number of thioether (sulfide) groups is 1. The molecule has 1 saturated heterocycles. The van der Waals surface area contributed by atoms with Crippen LogP contribution in [0.3, 0.4) is 0 Å². The van der Waals surface area contributed by atoms with E-state index in [9.17, 15) is 4.79 Å². The second kappa shape index (κ2) is 9.58. The molecule has 1 heterocycles. The molecule has 0 N–H and O–H groups in total. The van der Waals surface area contributed by atoms with Crippen molar-refractivity contribution in [2.24, 2.45) is 4.99 Å². The second-order valence-electron chi connectivity index (χ2n) is 7.03. The molecule has 3 aromatic carbocycles. The van der Waals surface area contributed by atoms with Crippen LogP contribution in [0.4, 0.5) is 0 Å². The van der Waals surface area contributed by atoms with Crippen LogP contribution < -0.4 is 4.74 Å². The molecule has 158 valence electrons. The van der Waals surface area contributed by atoms with Crippen LogP contribution >= 0.6 is 23.4 Å². The first-order valence-electron chi connectivity index (χ1n) is 10.3. The van der Waals surface area contributed by atoms with E-state index in [-0.39, 0.29) is 5.91 Å². The van der Waals surface area contributed by atoms with E-state index in [1.165, 1.54) is 11.8 Å². The fraction of sp³-hybridized carbons (Fsp3) is 0.200. The lowest BCUT2D eigenvalue weighted by atomic mass is 10.0. The zero-order valence-corrected chi connectivity index (χ0v) is 19.0. The highest BCUT2D eigenvalue weighted by Gasteiger charge is 2.32. The summed E-state index contributed by atoms with van der Waals surface area (Å²) in [6.45, 7) is 5.59. The molecule has 1 aliphatic heterocycles. The lowest BCUT2D eigenvalue weighted by molar-refractivity contribution is -0.122. The standard InChI is InChI=1S/C25H23ClN2O2S/c1-3-27-25-28(4-2)24(29)23(31-25)15-21-20-8-6-5-7-18(20)11-14-22(21)30-16-17-9-12-19(26)13-10-17/h5-15H,3-4,16H2,1-2H3/b23-15+,27-25?. The van der Waals surface area contributed by atoms with Crippen LogP contribution in [0.1, 0.15) is 25.0 Å². The third kappa shape index (κ3) is 4.63. The van der Waals surface area contributed by atoms with Crippen LogP contribution in [-0.4, -0.2) is 29.1 Å². The van der Waals surface area contributed by atoms with Crippen molar-refractivity contribution in [3.8, 4) is 5.75 Å². The number of halogens is 1. The first kappa shape index (κ1) is 21.5. The summed E-state index contributed by atoms with van der Waals surface area (Å²) in [4.78, 5) is 19.9. The van der Waals surface area contributed by atoms with Crippen molar-refractivity contribution in [1.29, 1.82) is 0 Å². The zero-order chi connectivity index (χ0) is 21.8. The molecular formula is C25H23ClN2O2S. The Morgan fingerprint density at radius 3 is 2.58 bits per heavy atom. The van der Waals surface area contributed by atoms with Gasteiger partial charge in [-0.05, 0) is 66.2 Å². The summed E-state index contributed by atoms with van der Waals surface area (Å²) in [5, 5.41) is 3.59. The molecule has 0 unspecified atom stereocenters. The summed E-state index contributed by atoms with van der Waals surface area (Å²) in [7, 11) is 0. The highest BCUT2D eigenvalue weighted by Crippen LogP contribution is 2.37. The van der Waals surface area contributed by atoms with E-state index in [1.54, 1.807) is 4.90 Å². The first-order chi connectivity index (χ1) is 15.1. The Bertz CT molecular complexity index is 1170. The van der Waals surface area contributed by atoms with Gasteiger partial charge >= 0.3 is 0 Å². The normalized spacial score (nSPS) is 16.6. The maximum Gasteiger partial charge on any atom is 0.266 e. The van der Waals surface area contributed by atoms with Crippen LogP contribution in [0.2, 0.25) is 5.02 Å². The van der Waals surface area contributed by atoms with Gasteiger partial charge in [-0.25, -0.2) is 0 Å². The van der Waals surface area contributed by atoms with E-state index in [4.69, 9.17) is 16.3 Å². The molecule has 0 spiro atoms. The topological polar surface area (TPSA) is 41.9 Å². The number of carbonyl (C=O) groups is 1. The van der Waals surface area contributed by atoms with Gasteiger partial charge in [0.2, 0.25) is 0 Å².